The topological polar surface area (TPSA) is 92.4 Å². The highest BCUT2D eigenvalue weighted by Crippen LogP contribution is 2.36. The molecule has 170 valence electrons. The molecule has 0 saturated carbocycles. The Morgan fingerprint density at radius 3 is 2.39 bits per heavy atom. The number of carbonyl (C=O) groups excluding carboxylic acids is 1. The number of ether oxygens (including phenoxy) is 3. The molecular formula is C23H22ClN5O4. The fraction of sp³-hybridized carbons (Fsp3) is 0.174. The minimum atomic E-state index is -0.435. The third kappa shape index (κ3) is 5.27. The van der Waals surface area contributed by atoms with Gasteiger partial charge < -0.3 is 19.5 Å². The Kier molecular flexibility index (Phi) is 6.80. The van der Waals surface area contributed by atoms with Crippen LogP contribution in [0.2, 0.25) is 5.02 Å². The van der Waals surface area contributed by atoms with Crippen molar-refractivity contribution in [3.05, 3.63) is 83.3 Å². The minimum absolute atomic E-state index is 0.0521. The third-order valence-electron chi connectivity index (χ3n) is 4.73. The summed E-state index contributed by atoms with van der Waals surface area (Å²) in [4.78, 5) is 12.6. The summed E-state index contributed by atoms with van der Waals surface area (Å²) in [5.41, 5.74) is 1.26. The molecule has 2 aromatic heterocycles. The number of nitrogens with zero attached hydrogens (tertiary/aromatic N) is 4. The van der Waals surface area contributed by atoms with Gasteiger partial charge in [-0.3, -0.25) is 9.48 Å². The van der Waals surface area contributed by atoms with Crippen molar-refractivity contribution in [2.24, 2.45) is 0 Å². The van der Waals surface area contributed by atoms with Crippen LogP contribution >= 0.6 is 11.6 Å². The highest BCUT2D eigenvalue weighted by atomic mass is 35.5. The van der Waals surface area contributed by atoms with Crippen LogP contribution in [0.5, 0.6) is 17.2 Å². The maximum Gasteiger partial charge on any atom is 0.277 e. The molecule has 4 rings (SSSR count). The molecule has 2 aromatic carbocycles. The van der Waals surface area contributed by atoms with Crippen LogP contribution in [0.1, 0.15) is 16.1 Å². The van der Waals surface area contributed by atoms with Crippen LogP contribution in [0.3, 0.4) is 0 Å². The number of anilines is 1. The summed E-state index contributed by atoms with van der Waals surface area (Å²) in [6.45, 7) is 0.589. The van der Waals surface area contributed by atoms with Gasteiger partial charge in [-0.05, 0) is 23.8 Å². The predicted molar refractivity (Wildman–Crippen MR) is 123 cm³/mol. The van der Waals surface area contributed by atoms with E-state index in [0.717, 1.165) is 5.56 Å². The fourth-order valence-corrected chi connectivity index (χ4v) is 3.35. The van der Waals surface area contributed by atoms with Gasteiger partial charge in [0.2, 0.25) is 5.75 Å². The molecular weight excluding hydrogens is 446 g/mol. The second kappa shape index (κ2) is 10.1. The standard InChI is InChI=1S/C23H22ClN5O4/c1-31-19-9-6-10-20(32-2)21(19)33-15-28-12-11-18(26-28)23(30)25-22-17(24)14-29(27-22)13-16-7-4-3-5-8-16/h3-12,14H,13,15H2,1-2H3,(H,25,27,30). The van der Waals surface area contributed by atoms with Crippen molar-refractivity contribution in [2.45, 2.75) is 13.3 Å². The molecule has 2 heterocycles. The molecule has 0 aliphatic carbocycles. The highest BCUT2D eigenvalue weighted by Gasteiger charge is 2.16. The number of para-hydroxylation sites is 1. The Bertz CT molecular complexity index is 1220. The molecule has 1 N–H and O–H groups in total. The van der Waals surface area contributed by atoms with E-state index < -0.39 is 5.91 Å². The molecule has 0 atom stereocenters. The molecule has 0 spiro atoms. The van der Waals surface area contributed by atoms with E-state index in [1.54, 1.807) is 55.6 Å². The van der Waals surface area contributed by atoms with Gasteiger partial charge in [-0.2, -0.15) is 10.2 Å². The predicted octanol–water partition coefficient (Wildman–Crippen LogP) is 4.09. The highest BCUT2D eigenvalue weighted by molar-refractivity contribution is 6.33. The monoisotopic (exact) mass is 467 g/mol. The SMILES string of the molecule is COc1cccc(OC)c1OCn1ccc(C(=O)Nc2nn(Cc3ccccc3)cc2Cl)n1. The van der Waals surface area contributed by atoms with Crippen molar-refractivity contribution in [2.75, 3.05) is 19.5 Å². The maximum atomic E-state index is 12.6. The molecule has 10 heteroatoms. The summed E-state index contributed by atoms with van der Waals surface area (Å²) in [5, 5.41) is 11.6. The van der Waals surface area contributed by atoms with Crippen molar-refractivity contribution in [3.8, 4) is 17.2 Å². The fourth-order valence-electron chi connectivity index (χ4n) is 3.15. The van der Waals surface area contributed by atoms with Gasteiger partial charge in [-0.1, -0.05) is 48.0 Å². The van der Waals surface area contributed by atoms with Crippen LogP contribution in [0.4, 0.5) is 5.82 Å². The lowest BCUT2D eigenvalue weighted by atomic mass is 10.2. The summed E-state index contributed by atoms with van der Waals surface area (Å²) in [6, 6.07) is 16.7. The van der Waals surface area contributed by atoms with Crippen molar-refractivity contribution in [1.29, 1.82) is 0 Å². The molecule has 0 saturated heterocycles. The zero-order valence-corrected chi connectivity index (χ0v) is 18.8. The summed E-state index contributed by atoms with van der Waals surface area (Å²) in [7, 11) is 3.09. The van der Waals surface area contributed by atoms with E-state index in [4.69, 9.17) is 25.8 Å². The van der Waals surface area contributed by atoms with Crippen LogP contribution in [0.15, 0.2) is 67.0 Å². The molecule has 0 aliphatic rings. The zero-order chi connectivity index (χ0) is 23.2. The van der Waals surface area contributed by atoms with Gasteiger partial charge in [-0.15, -0.1) is 0 Å². The molecule has 9 nitrogen and oxygen atoms in total. The normalized spacial score (nSPS) is 10.6. The molecule has 0 radical (unpaired) electrons. The van der Waals surface area contributed by atoms with Gasteiger partial charge in [0.25, 0.3) is 5.91 Å². The first-order valence-electron chi connectivity index (χ1n) is 10.0. The number of aromatic nitrogens is 4. The van der Waals surface area contributed by atoms with Crippen LogP contribution in [0, 0.1) is 0 Å². The number of nitrogens with one attached hydrogen (secondary N) is 1. The zero-order valence-electron chi connectivity index (χ0n) is 18.1. The van der Waals surface area contributed by atoms with E-state index in [1.807, 2.05) is 30.3 Å². The van der Waals surface area contributed by atoms with Gasteiger partial charge >= 0.3 is 0 Å². The average Bonchev–Trinajstić information content (AvgIpc) is 3.44. The number of carbonyl (C=O) groups is 1. The van der Waals surface area contributed by atoms with Crippen LogP contribution < -0.4 is 19.5 Å². The minimum Gasteiger partial charge on any atom is -0.493 e. The van der Waals surface area contributed by atoms with Crippen molar-refractivity contribution < 1.29 is 19.0 Å². The lowest BCUT2D eigenvalue weighted by molar-refractivity contribution is 0.101. The average molecular weight is 468 g/mol. The van der Waals surface area contributed by atoms with Gasteiger partial charge in [0.15, 0.2) is 29.7 Å². The molecule has 4 aromatic rings. The van der Waals surface area contributed by atoms with E-state index in [1.165, 1.54) is 4.68 Å². The Labute approximate surface area is 195 Å². The number of halogens is 1. The Hall–Kier alpha value is -3.98. The van der Waals surface area contributed by atoms with Gasteiger partial charge in [-0.25, -0.2) is 4.68 Å². The van der Waals surface area contributed by atoms with Crippen molar-refractivity contribution in [3.63, 3.8) is 0 Å². The van der Waals surface area contributed by atoms with Crippen LogP contribution in [0.25, 0.3) is 0 Å². The number of rotatable bonds is 9. The quantitative estimate of drug-likeness (QED) is 0.398. The number of methoxy groups -OCH3 is 2. The first-order valence-corrected chi connectivity index (χ1v) is 10.4. The number of hydrogen-bond acceptors (Lipinski definition) is 6. The summed E-state index contributed by atoms with van der Waals surface area (Å²) in [6.07, 6.45) is 3.30. The second-order valence-electron chi connectivity index (χ2n) is 6.97. The maximum absolute atomic E-state index is 12.6. The first-order chi connectivity index (χ1) is 16.1. The number of hydrogen-bond donors (Lipinski definition) is 1. The third-order valence-corrected chi connectivity index (χ3v) is 5.01. The van der Waals surface area contributed by atoms with Gasteiger partial charge in [0.1, 0.15) is 5.02 Å². The van der Waals surface area contributed by atoms with E-state index in [0.29, 0.717) is 28.8 Å². The first kappa shape index (κ1) is 22.2. The Morgan fingerprint density at radius 1 is 0.970 bits per heavy atom. The van der Waals surface area contributed by atoms with Gasteiger partial charge in [0, 0.05) is 12.4 Å². The van der Waals surface area contributed by atoms with E-state index in [-0.39, 0.29) is 18.2 Å². The van der Waals surface area contributed by atoms with Crippen LogP contribution in [-0.2, 0) is 13.3 Å². The lowest BCUT2D eigenvalue weighted by Gasteiger charge is -2.13. The van der Waals surface area contributed by atoms with Crippen LogP contribution in [-0.4, -0.2) is 39.7 Å². The molecule has 0 fully saturated rings. The number of amides is 1. The van der Waals surface area contributed by atoms with E-state index in [2.05, 4.69) is 15.5 Å². The summed E-state index contributed by atoms with van der Waals surface area (Å²) < 4.78 is 19.6. The molecule has 1 amide bonds. The number of benzene rings is 2. The molecule has 0 bridgehead atoms. The molecule has 0 unspecified atom stereocenters. The Morgan fingerprint density at radius 2 is 1.70 bits per heavy atom. The van der Waals surface area contributed by atoms with Crippen molar-refractivity contribution in [1.82, 2.24) is 19.6 Å². The summed E-state index contributed by atoms with van der Waals surface area (Å²) >= 11 is 6.26. The largest absolute Gasteiger partial charge is 0.493 e. The summed E-state index contributed by atoms with van der Waals surface area (Å²) in [5.74, 6) is 1.33. The van der Waals surface area contributed by atoms with E-state index >= 15 is 0 Å². The Balaban J connectivity index is 1.40. The second-order valence-corrected chi connectivity index (χ2v) is 7.38. The molecule has 33 heavy (non-hydrogen) atoms. The smallest absolute Gasteiger partial charge is 0.277 e. The lowest BCUT2D eigenvalue weighted by Crippen LogP contribution is -2.15. The van der Waals surface area contributed by atoms with E-state index in [9.17, 15) is 4.79 Å². The van der Waals surface area contributed by atoms with Crippen molar-refractivity contribution >= 4 is 23.3 Å². The molecule has 0 aliphatic heterocycles. The van der Waals surface area contributed by atoms with Gasteiger partial charge in [0.05, 0.1) is 20.8 Å².